The molecule has 0 atom stereocenters. The van der Waals surface area contributed by atoms with Crippen LogP contribution >= 0.6 is 0 Å². The van der Waals surface area contributed by atoms with E-state index in [1.54, 1.807) is 0 Å². The van der Waals surface area contributed by atoms with Gasteiger partial charge in [-0.1, -0.05) is 0 Å². The molecule has 0 heterocycles. The summed E-state index contributed by atoms with van der Waals surface area (Å²) < 4.78 is 17.2. The number of carbonyl (C=O) groups is 2. The van der Waals surface area contributed by atoms with Crippen molar-refractivity contribution >= 4 is 12.3 Å². The van der Waals surface area contributed by atoms with Crippen LogP contribution in [0.25, 0.3) is 0 Å². The summed E-state index contributed by atoms with van der Waals surface area (Å²) in [7, 11) is 0. The van der Waals surface area contributed by atoms with E-state index in [0.717, 1.165) is 0 Å². The van der Waals surface area contributed by atoms with Crippen LogP contribution in [-0.4, -0.2) is 12.3 Å². The second-order valence-corrected chi connectivity index (χ2v) is 1.28. The second kappa shape index (κ2) is 16.1. The van der Waals surface area contributed by atoms with E-state index in [1.165, 1.54) is 0 Å². The molecule has 0 aliphatic carbocycles. The third-order valence-electron chi connectivity index (χ3n) is 0. The van der Waals surface area contributed by atoms with Crippen LogP contribution in [0.1, 0.15) is 0 Å². The Morgan fingerprint density at radius 2 is 0.818 bits per heavy atom. The molecule has 0 amide bonds. The molecule has 0 aromatic carbocycles. The van der Waals surface area contributed by atoms with Gasteiger partial charge in [-0.05, 0) is 12.3 Å². The number of carboxylic acid groups (broad SMARTS) is 4. The standard InChI is InChI=1S/2CH2O3.2O.U/c2*2-1(3)4;;;/h2*(H2,2,3,4);;;/q;;;;+2/p-4. The quantitative estimate of drug-likeness (QED) is 0.397. The molecule has 0 radical (unpaired) electrons. The van der Waals surface area contributed by atoms with E-state index in [0.29, 0.717) is 0 Å². The summed E-state index contributed by atoms with van der Waals surface area (Å²) in [6, 6.07) is 0. The molecule has 0 aliphatic heterocycles. The topological polar surface area (TPSA) is 161 Å². The van der Waals surface area contributed by atoms with Gasteiger partial charge in [0.1, 0.15) is 0 Å². The van der Waals surface area contributed by atoms with Gasteiger partial charge in [-0.2, -0.15) is 0 Å². The minimum absolute atomic E-state index is 2.33. The Balaban J connectivity index is -0.0000000886. The van der Waals surface area contributed by atoms with Gasteiger partial charge in [0.05, 0.1) is 0 Å². The van der Waals surface area contributed by atoms with Crippen molar-refractivity contribution in [1.82, 2.24) is 0 Å². The van der Waals surface area contributed by atoms with Crippen molar-refractivity contribution in [3.63, 3.8) is 0 Å². The monoisotopic (exact) mass is 390 g/mol. The van der Waals surface area contributed by atoms with E-state index in [1.807, 2.05) is 0 Å². The van der Waals surface area contributed by atoms with Crippen LogP contribution in [0.2, 0.25) is 0 Å². The fourth-order valence-electron chi connectivity index (χ4n) is 0. The zero-order valence-electron chi connectivity index (χ0n) is 4.77. The number of hydrogen-bond acceptors (Lipinski definition) is 8. The van der Waals surface area contributed by atoms with Crippen molar-refractivity contribution in [3.05, 3.63) is 0 Å². The molecule has 8 nitrogen and oxygen atoms in total. The fourth-order valence-corrected chi connectivity index (χ4v) is 0. The first-order valence-electron chi connectivity index (χ1n) is 1.63. The van der Waals surface area contributed by atoms with E-state index in [4.69, 9.17) is 34.5 Å². The van der Waals surface area contributed by atoms with Crippen molar-refractivity contribution in [2.45, 2.75) is 0 Å². The van der Waals surface area contributed by atoms with Crippen LogP contribution in [0, 0.1) is 27.8 Å². The van der Waals surface area contributed by atoms with Crippen molar-refractivity contribution in [2.75, 3.05) is 0 Å². The van der Waals surface area contributed by atoms with Crippen LogP contribution in [0.3, 0.4) is 0 Å². The predicted octanol–water partition coefficient (Wildman–Crippen LogP) is -5.13. The van der Waals surface area contributed by atoms with Gasteiger partial charge in [-0.3, -0.25) is 0 Å². The van der Waals surface area contributed by atoms with Gasteiger partial charge in [0.25, 0.3) is 0 Å². The normalized spacial score (nSPS) is 5.09. The second-order valence-electron chi connectivity index (χ2n) is 0.583. The molecular weight excluding hydrogens is 390 g/mol. The van der Waals surface area contributed by atoms with Crippen molar-refractivity contribution in [1.29, 1.82) is 0 Å². The van der Waals surface area contributed by atoms with Gasteiger partial charge in [-0.25, -0.2) is 0 Å². The van der Waals surface area contributed by atoms with Gasteiger partial charge >= 0.3 is 32.3 Å². The first-order valence-corrected chi connectivity index (χ1v) is 5.03. The van der Waals surface area contributed by atoms with E-state index in [9.17, 15) is 0 Å². The maximum atomic E-state index is 8.58. The summed E-state index contributed by atoms with van der Waals surface area (Å²) in [6.45, 7) is 0. The molecule has 0 aliphatic rings. The van der Waals surface area contributed by atoms with Crippen LogP contribution in [0.4, 0.5) is 9.59 Å². The molecule has 0 unspecified atom stereocenters. The Kier molecular flexibility index (Phi) is 24.4. The molecule has 0 rings (SSSR count). The first-order chi connectivity index (χ1) is 4.88. The minimum atomic E-state index is -2.51. The molecule has 0 bridgehead atoms. The van der Waals surface area contributed by atoms with E-state index in [2.05, 4.69) is 0 Å². The molecule has 0 fully saturated rings. The van der Waals surface area contributed by atoms with E-state index >= 15 is 0 Å². The third kappa shape index (κ3) is 728. The van der Waals surface area contributed by atoms with Gasteiger partial charge in [0.15, 0.2) is 0 Å². The average Bonchev–Trinajstić information content (AvgIpc) is 1.60. The summed E-state index contributed by atoms with van der Waals surface area (Å²) in [6.07, 6.45) is -4.67. The molecule has 62 valence electrons. The molecular formula is C2O8U-2. The average molecular weight is 390 g/mol. The zero-order chi connectivity index (χ0) is 9.86. The summed E-state index contributed by atoms with van der Waals surface area (Å²) in [5.41, 5.74) is 0. The van der Waals surface area contributed by atoms with Crippen LogP contribution < -0.4 is 20.4 Å². The Labute approximate surface area is 74.7 Å². The van der Waals surface area contributed by atoms with Crippen LogP contribution in [0.15, 0.2) is 0 Å². The first kappa shape index (κ1) is 16.6. The van der Waals surface area contributed by atoms with Crippen molar-refractivity contribution in [2.24, 2.45) is 0 Å². The van der Waals surface area contributed by atoms with Gasteiger partial charge in [-0.15, -0.1) is 0 Å². The maximum absolute atomic E-state index is 8.58. The van der Waals surface area contributed by atoms with E-state index in [-0.39, 0.29) is 0 Å². The number of carbonyl (C=O) groups excluding carboxylic acids is 2. The van der Waals surface area contributed by atoms with Gasteiger partial charge in [0, 0.05) is 0 Å². The molecule has 0 aromatic rings. The molecule has 0 saturated carbocycles. The number of rotatable bonds is 0. The Morgan fingerprint density at radius 1 is 0.818 bits per heavy atom. The van der Waals surface area contributed by atoms with Gasteiger partial charge < -0.3 is 30.0 Å². The SMILES string of the molecule is O=C([O-])[O-].O=C([O-])[O-].[O]=[U+2]=[O]. The zero-order valence-corrected chi connectivity index (χ0v) is 8.93. The summed E-state index contributed by atoms with van der Waals surface area (Å²) >= 11 is -2.51. The Hall–Kier alpha value is -0.808. The molecule has 0 N–H and O–H groups in total. The Morgan fingerprint density at radius 3 is 0.818 bits per heavy atom. The Bertz CT molecular complexity index is 124. The third-order valence-corrected chi connectivity index (χ3v) is 0. The van der Waals surface area contributed by atoms with Crippen molar-refractivity contribution < 1.29 is 62.3 Å². The summed E-state index contributed by atoms with van der Waals surface area (Å²) in [5.74, 6) is 0. The number of hydrogen-bond donors (Lipinski definition) is 0. The van der Waals surface area contributed by atoms with Crippen molar-refractivity contribution in [3.8, 4) is 0 Å². The molecule has 0 spiro atoms. The molecule has 9 heteroatoms. The van der Waals surface area contributed by atoms with Crippen LogP contribution in [0.5, 0.6) is 0 Å². The van der Waals surface area contributed by atoms with Crippen LogP contribution in [-0.2, 0) is 4.47 Å². The van der Waals surface area contributed by atoms with Gasteiger partial charge in [0.2, 0.25) is 0 Å². The summed E-state index contributed by atoms with van der Waals surface area (Å²) in [5, 5.41) is 33.3. The fraction of sp³-hybridized carbons (Fsp3) is 0. The molecule has 0 saturated heterocycles. The van der Waals surface area contributed by atoms with E-state index < -0.39 is 40.1 Å². The molecule has 11 heavy (non-hydrogen) atoms. The summed E-state index contributed by atoms with van der Waals surface area (Å²) in [4.78, 5) is 16.7. The predicted molar refractivity (Wildman–Crippen MR) is 12.2 cm³/mol. The molecule has 0 aromatic heterocycles.